The number of ether oxygens (including phenoxy) is 2. The van der Waals surface area contributed by atoms with Crippen LogP contribution in [0.2, 0.25) is 0 Å². The van der Waals surface area contributed by atoms with E-state index in [4.69, 9.17) is 15.2 Å². The lowest BCUT2D eigenvalue weighted by Crippen LogP contribution is -2.21. The largest absolute Gasteiger partial charge is 0.480 e. The summed E-state index contributed by atoms with van der Waals surface area (Å²) in [5.74, 6) is -0.0715. The first kappa shape index (κ1) is 16.4. The van der Waals surface area contributed by atoms with Crippen LogP contribution in [0.15, 0.2) is 24.4 Å². The van der Waals surface area contributed by atoms with Crippen LogP contribution in [0.5, 0.6) is 11.9 Å². The fourth-order valence-electron chi connectivity index (χ4n) is 2.44. The number of hydrogen-bond donors (Lipinski definition) is 2. The second kappa shape index (κ2) is 6.56. The van der Waals surface area contributed by atoms with E-state index < -0.39 is 5.91 Å². The van der Waals surface area contributed by atoms with Crippen LogP contribution >= 0.6 is 0 Å². The lowest BCUT2D eigenvalue weighted by atomic mass is 10.0. The standard InChI is InChI=1S/C16H16N6O3/c1-18-14(23)13-11(17)9-6-4-5-8(12(9)21-22-13)10-7-19-16(25-3)20-15(10)24-2/h4-7H,1-3H3,(H2,17,21)(H,18,23). The van der Waals surface area contributed by atoms with E-state index in [-0.39, 0.29) is 17.4 Å². The Morgan fingerprint density at radius 2 is 1.96 bits per heavy atom. The number of aromatic nitrogens is 4. The maximum absolute atomic E-state index is 11.9. The molecule has 0 aliphatic carbocycles. The summed E-state index contributed by atoms with van der Waals surface area (Å²) in [4.78, 5) is 20.1. The van der Waals surface area contributed by atoms with Crippen LogP contribution in [0.3, 0.4) is 0 Å². The number of nitrogens with one attached hydrogen (secondary N) is 1. The molecule has 25 heavy (non-hydrogen) atoms. The van der Waals surface area contributed by atoms with Gasteiger partial charge in [0.1, 0.15) is 5.52 Å². The van der Waals surface area contributed by atoms with E-state index in [9.17, 15) is 4.79 Å². The molecule has 0 unspecified atom stereocenters. The molecule has 128 valence electrons. The van der Waals surface area contributed by atoms with Crippen molar-refractivity contribution in [1.29, 1.82) is 0 Å². The van der Waals surface area contributed by atoms with Crippen LogP contribution in [0.1, 0.15) is 10.5 Å². The highest BCUT2D eigenvalue weighted by Gasteiger charge is 2.18. The molecule has 1 amide bonds. The topological polar surface area (TPSA) is 125 Å². The molecule has 0 spiro atoms. The fourth-order valence-corrected chi connectivity index (χ4v) is 2.44. The summed E-state index contributed by atoms with van der Waals surface area (Å²) in [7, 11) is 4.47. The molecule has 0 atom stereocenters. The number of carbonyl (C=O) groups is 1. The average molecular weight is 340 g/mol. The van der Waals surface area contributed by atoms with Crippen molar-refractivity contribution < 1.29 is 14.3 Å². The highest BCUT2D eigenvalue weighted by atomic mass is 16.5. The third kappa shape index (κ3) is 2.75. The van der Waals surface area contributed by atoms with Crippen LogP contribution in [-0.4, -0.2) is 47.3 Å². The first-order chi connectivity index (χ1) is 12.1. The van der Waals surface area contributed by atoms with Gasteiger partial charge in [0.25, 0.3) is 5.91 Å². The van der Waals surface area contributed by atoms with E-state index in [1.807, 2.05) is 6.07 Å². The Labute approximate surface area is 143 Å². The Balaban J connectivity index is 2.25. The molecule has 3 N–H and O–H groups in total. The quantitative estimate of drug-likeness (QED) is 0.722. The highest BCUT2D eigenvalue weighted by molar-refractivity contribution is 6.07. The molecule has 1 aromatic carbocycles. The SMILES string of the molecule is CNC(=O)c1nnc2c(-c3cnc(OC)nc3OC)cccc2c1N. The van der Waals surface area contributed by atoms with Crippen LogP contribution in [0.4, 0.5) is 5.69 Å². The normalized spacial score (nSPS) is 10.5. The van der Waals surface area contributed by atoms with Gasteiger partial charge in [-0.1, -0.05) is 18.2 Å². The minimum absolute atomic E-state index is 0.0742. The van der Waals surface area contributed by atoms with Crippen molar-refractivity contribution in [2.45, 2.75) is 0 Å². The molecular weight excluding hydrogens is 324 g/mol. The van der Waals surface area contributed by atoms with Gasteiger partial charge in [0.2, 0.25) is 5.88 Å². The predicted octanol–water partition coefficient (Wildman–Crippen LogP) is 1.05. The Kier molecular flexibility index (Phi) is 4.29. The zero-order valence-electron chi connectivity index (χ0n) is 13.9. The van der Waals surface area contributed by atoms with Crippen LogP contribution in [0.25, 0.3) is 22.0 Å². The number of amides is 1. The first-order valence-corrected chi connectivity index (χ1v) is 7.33. The van der Waals surface area contributed by atoms with E-state index in [1.54, 1.807) is 18.3 Å². The van der Waals surface area contributed by atoms with Crippen molar-refractivity contribution in [1.82, 2.24) is 25.5 Å². The summed E-state index contributed by atoms with van der Waals surface area (Å²) in [5, 5.41) is 11.2. The zero-order chi connectivity index (χ0) is 18.0. The molecule has 0 aliphatic rings. The number of carbonyl (C=O) groups excluding carboxylic acids is 1. The van der Waals surface area contributed by atoms with Gasteiger partial charge < -0.3 is 20.5 Å². The zero-order valence-corrected chi connectivity index (χ0v) is 13.9. The molecule has 2 heterocycles. The lowest BCUT2D eigenvalue weighted by Gasteiger charge is -2.12. The van der Waals surface area contributed by atoms with Gasteiger partial charge in [0.05, 0.1) is 25.5 Å². The highest BCUT2D eigenvalue weighted by Crippen LogP contribution is 2.35. The van der Waals surface area contributed by atoms with E-state index in [0.29, 0.717) is 27.9 Å². The van der Waals surface area contributed by atoms with E-state index >= 15 is 0 Å². The number of hydrogen-bond acceptors (Lipinski definition) is 8. The van der Waals surface area contributed by atoms with Crippen LogP contribution < -0.4 is 20.5 Å². The number of fused-ring (bicyclic) bond motifs is 1. The molecule has 0 saturated carbocycles. The molecule has 0 bridgehead atoms. The second-order valence-corrected chi connectivity index (χ2v) is 5.02. The summed E-state index contributed by atoms with van der Waals surface area (Å²) in [5.41, 5.74) is 8.24. The number of rotatable bonds is 4. The third-order valence-electron chi connectivity index (χ3n) is 3.67. The Bertz CT molecular complexity index is 960. The minimum atomic E-state index is -0.400. The van der Waals surface area contributed by atoms with Crippen molar-refractivity contribution in [3.63, 3.8) is 0 Å². The van der Waals surface area contributed by atoms with E-state index in [0.717, 1.165) is 0 Å². The van der Waals surface area contributed by atoms with Gasteiger partial charge in [-0.05, 0) is 0 Å². The van der Waals surface area contributed by atoms with Gasteiger partial charge in [-0.3, -0.25) is 4.79 Å². The Morgan fingerprint density at radius 3 is 2.64 bits per heavy atom. The molecule has 0 aliphatic heterocycles. The summed E-state index contributed by atoms with van der Waals surface area (Å²) in [6.45, 7) is 0. The molecule has 3 rings (SSSR count). The molecular formula is C16H16N6O3. The van der Waals surface area contributed by atoms with Crippen molar-refractivity contribution in [2.75, 3.05) is 27.0 Å². The second-order valence-electron chi connectivity index (χ2n) is 5.02. The van der Waals surface area contributed by atoms with Gasteiger partial charge in [-0.15, -0.1) is 10.2 Å². The maximum atomic E-state index is 11.9. The summed E-state index contributed by atoms with van der Waals surface area (Å²) < 4.78 is 10.3. The summed E-state index contributed by atoms with van der Waals surface area (Å²) in [6.07, 6.45) is 1.57. The molecule has 0 saturated heterocycles. The average Bonchev–Trinajstić information content (AvgIpc) is 2.67. The monoisotopic (exact) mass is 340 g/mol. The van der Waals surface area contributed by atoms with Gasteiger partial charge in [0.15, 0.2) is 5.69 Å². The molecule has 9 nitrogen and oxygen atoms in total. The van der Waals surface area contributed by atoms with Crippen LogP contribution in [0, 0.1) is 0 Å². The summed E-state index contributed by atoms with van der Waals surface area (Å²) >= 11 is 0. The molecule has 0 fully saturated rings. The van der Waals surface area contributed by atoms with Gasteiger partial charge >= 0.3 is 6.01 Å². The maximum Gasteiger partial charge on any atom is 0.319 e. The van der Waals surface area contributed by atoms with Gasteiger partial charge in [0, 0.05) is 24.2 Å². The number of nitrogens with zero attached hydrogens (tertiary/aromatic N) is 4. The lowest BCUT2D eigenvalue weighted by molar-refractivity contribution is 0.0958. The Hall–Kier alpha value is -3.49. The van der Waals surface area contributed by atoms with Crippen molar-refractivity contribution in [2.24, 2.45) is 0 Å². The number of nitrogens with two attached hydrogens (primary N) is 1. The number of benzene rings is 1. The van der Waals surface area contributed by atoms with Gasteiger partial charge in [-0.2, -0.15) is 4.98 Å². The van der Waals surface area contributed by atoms with Crippen molar-refractivity contribution in [3.05, 3.63) is 30.1 Å². The minimum Gasteiger partial charge on any atom is -0.480 e. The van der Waals surface area contributed by atoms with Crippen molar-refractivity contribution in [3.8, 4) is 23.0 Å². The van der Waals surface area contributed by atoms with Gasteiger partial charge in [-0.25, -0.2) is 4.98 Å². The molecule has 9 heteroatoms. The van der Waals surface area contributed by atoms with Crippen LogP contribution in [-0.2, 0) is 0 Å². The number of methoxy groups -OCH3 is 2. The third-order valence-corrected chi connectivity index (χ3v) is 3.67. The molecule has 0 radical (unpaired) electrons. The smallest absolute Gasteiger partial charge is 0.319 e. The Morgan fingerprint density at radius 1 is 1.16 bits per heavy atom. The molecule has 3 aromatic rings. The van der Waals surface area contributed by atoms with E-state index in [2.05, 4.69) is 25.5 Å². The summed E-state index contributed by atoms with van der Waals surface area (Å²) in [6, 6.07) is 5.58. The number of anilines is 1. The van der Waals surface area contributed by atoms with Crippen molar-refractivity contribution >= 4 is 22.5 Å². The first-order valence-electron chi connectivity index (χ1n) is 7.33. The predicted molar refractivity (Wildman–Crippen MR) is 91.5 cm³/mol. The van der Waals surface area contributed by atoms with E-state index in [1.165, 1.54) is 21.3 Å². The number of nitrogen functional groups attached to an aromatic ring is 1. The molecule has 2 aromatic heterocycles. The fraction of sp³-hybridized carbons (Fsp3) is 0.188.